The number of carbonyl (C=O) groups excluding carboxylic acids is 7. The normalized spacial score (nSPS) is 32.2. The van der Waals surface area contributed by atoms with E-state index in [-0.39, 0.29) is 161 Å². The van der Waals surface area contributed by atoms with Gasteiger partial charge in [-0.3, -0.25) is 37.9 Å². The van der Waals surface area contributed by atoms with E-state index in [4.69, 9.17) is 27.9 Å². The smallest absolute Gasteiger partial charge is 0.344 e. The van der Waals surface area contributed by atoms with Crippen LogP contribution in [-0.2, 0) is 71.5 Å². The third kappa shape index (κ3) is 21.7. The Bertz CT molecular complexity index is 2820. The molecule has 0 radical (unpaired) electrons. The first-order valence-electron chi connectivity index (χ1n) is 37.2. The van der Waals surface area contributed by atoms with E-state index in [2.05, 4.69) is 27.7 Å². The number of rotatable bonds is 18. The molecule has 0 aromatic rings. The molecular weight excluding hydrogens is 1340 g/mol. The van der Waals surface area contributed by atoms with Crippen LogP contribution < -0.4 is 0 Å². The molecule has 0 aromatic heterocycles. The topological polar surface area (TPSA) is 232 Å². The molecule has 1 N–H and O–H groups in total. The maximum absolute atomic E-state index is 12.8. The summed E-state index contributed by atoms with van der Waals surface area (Å²) >= 11 is 0. The Balaban J connectivity index is -0.00000121. The molecule has 0 aromatic carbocycles. The fraction of sp³-hybridized carbons (Fsp3) is 0.919. The molecule has 2 amide bonds. The van der Waals surface area contributed by atoms with E-state index in [1.165, 1.54) is 62.7 Å². The molecule has 18 heteroatoms. The molecule has 2 saturated heterocycles. The molecule has 14 fully saturated rings. The van der Waals surface area contributed by atoms with Crippen LogP contribution in [0.5, 0.6) is 0 Å². The SMILES string of the molecule is C.C.C.C.C.C.C.C.C.C.CCC(C)(C)C(=O)N1C(=O)C2CCCC21.CCC(C)(C)C(=O)OC1(C(C)C)C2CC3CC(C2)CC1C3.CCC(C)(C)C(=O)OC12CC3CC(CC(O)(C3)C1)C2.CCC(C)(C)C(=O)OCC(=O)OC1C2CC3C1OS(=O)(=O)C3C2.CCC1(OC(=O)C(C)(C)CC)CCCCC1. The second kappa shape index (κ2) is 39.3. The van der Waals surface area contributed by atoms with Crippen molar-refractivity contribution in [1.29, 1.82) is 0 Å². The van der Waals surface area contributed by atoms with Crippen molar-refractivity contribution >= 4 is 51.8 Å². The zero-order chi connectivity index (χ0) is 69.7. The molecule has 10 bridgehead atoms. The summed E-state index contributed by atoms with van der Waals surface area (Å²) < 4.78 is 57.4. The summed E-state index contributed by atoms with van der Waals surface area (Å²) in [7, 11) is -3.53. The van der Waals surface area contributed by atoms with Gasteiger partial charge >= 0.3 is 29.8 Å². The zero-order valence-corrected chi connectivity index (χ0v) is 62.1. The van der Waals surface area contributed by atoms with Crippen molar-refractivity contribution in [2.45, 2.75) is 418 Å². The number of imide groups is 1. The second-order valence-corrected chi connectivity index (χ2v) is 37.1. The summed E-state index contributed by atoms with van der Waals surface area (Å²) in [6.45, 7) is 35.5. The van der Waals surface area contributed by atoms with Crippen LogP contribution >= 0.6 is 0 Å². The summed E-state index contributed by atoms with van der Waals surface area (Å²) in [5, 5.41) is 10.2. The van der Waals surface area contributed by atoms with Gasteiger partial charge in [0.05, 0.1) is 44.5 Å². The van der Waals surface area contributed by atoms with Gasteiger partial charge in [0, 0.05) is 23.7 Å². The van der Waals surface area contributed by atoms with Crippen molar-refractivity contribution in [3.63, 3.8) is 0 Å². The predicted octanol–water partition coefficient (Wildman–Crippen LogP) is 21.3. The van der Waals surface area contributed by atoms with Crippen molar-refractivity contribution in [3.05, 3.63) is 0 Å². The summed E-state index contributed by atoms with van der Waals surface area (Å²) in [4.78, 5) is 86.5. The monoisotopic (exact) mass is 1500 g/mol. The lowest BCUT2D eigenvalue weighted by atomic mass is 9.47. The number of nitrogens with zero attached hydrogens (tertiary/aromatic N) is 1. The first-order chi connectivity index (χ1) is 43.6. The number of β-lactam (4-membered cyclic amide) rings is 1. The van der Waals surface area contributed by atoms with E-state index in [9.17, 15) is 47.1 Å². The molecule has 9 unspecified atom stereocenters. The molecule has 2 aliphatic heterocycles. The van der Waals surface area contributed by atoms with Gasteiger partial charge < -0.3 is 28.8 Å². The van der Waals surface area contributed by atoms with Crippen LogP contribution in [-0.4, -0.2) is 113 Å². The third-order valence-corrected chi connectivity index (χ3v) is 28.2. The van der Waals surface area contributed by atoms with Crippen molar-refractivity contribution in [3.8, 4) is 0 Å². The molecule has 14 aliphatic rings. The first-order valence-corrected chi connectivity index (χ1v) is 38.7. The number of fused-ring (bicyclic) bond motifs is 2. The molecular formula is C86H165NO16S. The fourth-order valence-electron chi connectivity index (χ4n) is 18.7. The Morgan fingerprint density at radius 3 is 1.43 bits per heavy atom. The molecule has 12 aliphatic carbocycles. The number of carbonyl (C=O) groups is 7. The largest absolute Gasteiger partial charge is 0.459 e. The molecule has 9 atom stereocenters. The van der Waals surface area contributed by atoms with Crippen molar-refractivity contribution in [1.82, 2.24) is 4.90 Å². The Kier molecular flexibility index (Phi) is 39.5. The van der Waals surface area contributed by atoms with Gasteiger partial charge in [0.2, 0.25) is 11.8 Å². The van der Waals surface area contributed by atoms with Gasteiger partial charge in [-0.1, -0.05) is 156 Å². The summed E-state index contributed by atoms with van der Waals surface area (Å²) in [5.74, 6) is 3.64. The number of amides is 2. The lowest BCUT2D eigenvalue weighted by molar-refractivity contribution is -0.231. The van der Waals surface area contributed by atoms with E-state index >= 15 is 0 Å². The van der Waals surface area contributed by atoms with Crippen LogP contribution in [0, 0.1) is 86.3 Å². The van der Waals surface area contributed by atoms with Crippen LogP contribution in [0.4, 0.5) is 0 Å². The summed E-state index contributed by atoms with van der Waals surface area (Å²) in [6, 6.07) is 0.232. The molecule has 12 saturated carbocycles. The number of ether oxygens (including phenoxy) is 5. The Hall–Kier alpha value is -3.64. The summed E-state index contributed by atoms with van der Waals surface area (Å²) in [6.07, 6.45) is 26.0. The van der Waals surface area contributed by atoms with E-state index in [0.29, 0.717) is 55.3 Å². The quantitative estimate of drug-likeness (QED) is 0.0581. The van der Waals surface area contributed by atoms with E-state index in [1.54, 1.807) is 13.8 Å². The third-order valence-electron chi connectivity index (χ3n) is 26.4. The Morgan fingerprint density at radius 1 is 0.548 bits per heavy atom. The maximum Gasteiger partial charge on any atom is 0.344 e. The fourth-order valence-corrected chi connectivity index (χ4v) is 20.6. The Morgan fingerprint density at radius 2 is 0.990 bits per heavy atom. The van der Waals surface area contributed by atoms with Crippen LogP contribution in [0.2, 0.25) is 0 Å². The average molecular weight is 1500 g/mol. The van der Waals surface area contributed by atoms with Gasteiger partial charge in [0.25, 0.3) is 10.1 Å². The highest BCUT2D eigenvalue weighted by Crippen LogP contribution is 2.63. The lowest BCUT2D eigenvalue weighted by Gasteiger charge is -2.62. The van der Waals surface area contributed by atoms with Crippen LogP contribution in [0.3, 0.4) is 0 Å². The minimum atomic E-state index is -3.53. The minimum absolute atomic E-state index is 0. The number of likely N-dealkylation sites (tertiary alicyclic amines) is 1. The first kappa shape index (κ1) is 105. The number of hydrogen-bond acceptors (Lipinski definition) is 16. The van der Waals surface area contributed by atoms with Gasteiger partial charge in [-0.15, -0.1) is 0 Å². The number of aliphatic hydroxyl groups is 1. The van der Waals surface area contributed by atoms with Crippen LogP contribution in [0.15, 0.2) is 0 Å². The maximum atomic E-state index is 12.8. The standard InChI is InChI=1S/C19H32O2.C16H26O3.C15H22O7S.C14H26O2.C12H19NO2.10CH4/c1-6-18(4,5)17(20)21-19(12(2)3)15-8-13-7-14(10-15)11-16(19)9-13;1-4-14(2,3)13(17)19-16-8-11-5-12(9-16)7-15(18,6-11)10-16;1-4-15(2,3)14(17)20-7-11(16)21-12-8-5-9-10(6-8)23(18,19)22-13(9)12;1-5-13(3,4)12(15)16-14(6-2)10-8-7-9-11-14;1-4-12(2,3)11(15)13-9-7-5-6-8(9)10(13)14;;;;;;;;;;/h12-16H,6-11H2,1-5H3;11-12,18H,4-10H2,1-3H3;8-10,12-13H,4-7H2,1-3H3;5-11H2,1-4H3;8-9H,4-7H2,1-3H3;10*1H4. The highest BCUT2D eigenvalue weighted by Gasteiger charge is 2.66. The van der Waals surface area contributed by atoms with E-state index in [1.807, 2.05) is 83.1 Å². The number of esters is 5. The van der Waals surface area contributed by atoms with Crippen molar-refractivity contribution in [2.24, 2.45) is 86.3 Å². The van der Waals surface area contributed by atoms with Crippen molar-refractivity contribution in [2.75, 3.05) is 6.61 Å². The van der Waals surface area contributed by atoms with Gasteiger partial charge in [-0.2, -0.15) is 8.42 Å². The van der Waals surface area contributed by atoms with Crippen LogP contribution in [0.25, 0.3) is 0 Å². The highest BCUT2D eigenvalue weighted by atomic mass is 32.2. The van der Waals surface area contributed by atoms with E-state index < -0.39 is 62.6 Å². The minimum Gasteiger partial charge on any atom is -0.459 e. The second-order valence-electron chi connectivity index (χ2n) is 35.3. The molecule has 2 heterocycles. The van der Waals surface area contributed by atoms with E-state index in [0.717, 1.165) is 102 Å². The number of hydrogen-bond donors (Lipinski definition) is 1. The lowest BCUT2D eigenvalue weighted by Crippen LogP contribution is -2.63. The Labute approximate surface area is 639 Å². The predicted molar refractivity (Wildman–Crippen MR) is 427 cm³/mol. The van der Waals surface area contributed by atoms with Crippen molar-refractivity contribution < 1.29 is 75.0 Å². The van der Waals surface area contributed by atoms with Gasteiger partial charge in [0.1, 0.15) is 29.0 Å². The van der Waals surface area contributed by atoms with Crippen LogP contribution in [0.1, 0.15) is 372 Å². The molecule has 14 rings (SSSR count). The highest BCUT2D eigenvalue weighted by molar-refractivity contribution is 7.87. The molecule has 104 heavy (non-hydrogen) atoms. The van der Waals surface area contributed by atoms with Gasteiger partial charge in [-0.05, 0) is 251 Å². The molecule has 17 nitrogen and oxygen atoms in total. The van der Waals surface area contributed by atoms with Gasteiger partial charge in [0.15, 0.2) is 6.61 Å². The molecule has 0 spiro atoms. The summed E-state index contributed by atoms with van der Waals surface area (Å²) in [5.41, 5.74) is -3.37. The van der Waals surface area contributed by atoms with Gasteiger partial charge in [-0.25, -0.2) is 4.79 Å². The molecule has 616 valence electrons. The zero-order valence-electron chi connectivity index (χ0n) is 61.3. The average Bonchev–Trinajstić information content (AvgIpc) is 1.65.